The van der Waals surface area contributed by atoms with Crippen molar-refractivity contribution in [3.05, 3.63) is 47.8 Å². The Morgan fingerprint density at radius 2 is 2.04 bits per heavy atom. The smallest absolute Gasteiger partial charge is 0.216 e. The lowest BCUT2D eigenvalue weighted by Gasteiger charge is -2.20. The SMILES string of the molecule is O=S(=O)(Cc1c(F)cccc1F)N[C@@H]1CNC[C@@H]1n1ccnn1. The summed E-state index contributed by atoms with van der Waals surface area (Å²) in [5.74, 6) is -2.52. The highest BCUT2D eigenvalue weighted by atomic mass is 32.2. The Hall–Kier alpha value is -1.91. The Balaban J connectivity index is 1.76. The highest BCUT2D eigenvalue weighted by Crippen LogP contribution is 2.18. The lowest BCUT2D eigenvalue weighted by molar-refractivity contribution is 0.413. The number of rotatable bonds is 5. The number of aromatic nitrogens is 3. The van der Waals surface area contributed by atoms with E-state index in [0.717, 1.165) is 12.1 Å². The van der Waals surface area contributed by atoms with Crippen molar-refractivity contribution in [3.8, 4) is 0 Å². The molecule has 0 bridgehead atoms. The van der Waals surface area contributed by atoms with Crippen molar-refractivity contribution in [1.29, 1.82) is 0 Å². The van der Waals surface area contributed by atoms with Crippen LogP contribution in [0.25, 0.3) is 0 Å². The summed E-state index contributed by atoms with van der Waals surface area (Å²) >= 11 is 0. The molecule has 0 radical (unpaired) electrons. The van der Waals surface area contributed by atoms with Crippen molar-refractivity contribution in [2.75, 3.05) is 13.1 Å². The van der Waals surface area contributed by atoms with Crippen LogP contribution >= 0.6 is 0 Å². The Morgan fingerprint density at radius 1 is 1.30 bits per heavy atom. The number of benzene rings is 1. The maximum atomic E-state index is 13.6. The van der Waals surface area contributed by atoms with Gasteiger partial charge in [0, 0.05) is 24.8 Å². The molecule has 7 nitrogen and oxygen atoms in total. The average Bonchev–Trinajstić information content (AvgIpc) is 3.13. The van der Waals surface area contributed by atoms with Crippen molar-refractivity contribution in [2.45, 2.75) is 17.8 Å². The molecule has 2 aromatic rings. The molecule has 1 aliphatic heterocycles. The van der Waals surface area contributed by atoms with Gasteiger partial charge in [-0.3, -0.25) is 0 Å². The van der Waals surface area contributed by atoms with Crippen LogP contribution in [-0.4, -0.2) is 42.5 Å². The van der Waals surface area contributed by atoms with E-state index in [1.54, 1.807) is 10.9 Å². The van der Waals surface area contributed by atoms with Gasteiger partial charge in [-0.1, -0.05) is 11.3 Å². The molecule has 0 amide bonds. The van der Waals surface area contributed by atoms with Gasteiger partial charge in [-0.15, -0.1) is 5.10 Å². The number of nitrogens with zero attached hydrogens (tertiary/aromatic N) is 3. The zero-order valence-corrected chi connectivity index (χ0v) is 12.8. The van der Waals surface area contributed by atoms with Gasteiger partial charge in [0.05, 0.1) is 24.0 Å². The molecule has 1 aliphatic rings. The van der Waals surface area contributed by atoms with Gasteiger partial charge in [-0.25, -0.2) is 26.6 Å². The third-order valence-electron chi connectivity index (χ3n) is 3.69. The molecule has 1 aromatic heterocycles. The number of sulfonamides is 1. The van der Waals surface area contributed by atoms with Crippen LogP contribution in [0.3, 0.4) is 0 Å². The standard InChI is InChI=1S/C13H15F2N5O2S/c14-10-2-1-3-11(15)9(10)8-23(21,22)18-12-6-16-7-13(12)20-5-4-17-19-20/h1-5,12-13,16,18H,6-8H2/t12-,13+/m1/s1. The van der Waals surface area contributed by atoms with E-state index in [1.165, 1.54) is 12.3 Å². The van der Waals surface area contributed by atoms with Crippen molar-refractivity contribution in [2.24, 2.45) is 0 Å². The second kappa shape index (κ2) is 6.30. The molecule has 0 saturated carbocycles. The molecule has 2 N–H and O–H groups in total. The van der Waals surface area contributed by atoms with Gasteiger partial charge in [0.1, 0.15) is 11.6 Å². The van der Waals surface area contributed by atoms with Crippen LogP contribution in [0.4, 0.5) is 8.78 Å². The second-order valence-electron chi connectivity index (χ2n) is 5.29. The van der Waals surface area contributed by atoms with Crippen LogP contribution < -0.4 is 10.0 Å². The second-order valence-corrected chi connectivity index (χ2v) is 7.05. The summed E-state index contributed by atoms with van der Waals surface area (Å²) in [7, 11) is -3.92. The minimum Gasteiger partial charge on any atom is -0.313 e. The van der Waals surface area contributed by atoms with Gasteiger partial charge < -0.3 is 5.32 Å². The normalized spacial score (nSPS) is 21.7. The largest absolute Gasteiger partial charge is 0.313 e. The lowest BCUT2D eigenvalue weighted by atomic mass is 10.2. The van der Waals surface area contributed by atoms with Crippen LogP contribution in [-0.2, 0) is 15.8 Å². The third kappa shape index (κ3) is 3.54. The lowest BCUT2D eigenvalue weighted by Crippen LogP contribution is -2.42. The third-order valence-corrected chi connectivity index (χ3v) is 5.02. The van der Waals surface area contributed by atoms with Gasteiger partial charge in [-0.2, -0.15) is 0 Å². The van der Waals surface area contributed by atoms with Gasteiger partial charge in [-0.05, 0) is 12.1 Å². The topological polar surface area (TPSA) is 88.9 Å². The molecule has 3 rings (SSSR count). The zero-order chi connectivity index (χ0) is 16.4. The fourth-order valence-electron chi connectivity index (χ4n) is 2.59. The Labute approximate surface area is 131 Å². The molecule has 1 fully saturated rings. The Kier molecular flexibility index (Phi) is 4.37. The van der Waals surface area contributed by atoms with Crippen molar-refractivity contribution >= 4 is 10.0 Å². The highest BCUT2D eigenvalue weighted by molar-refractivity contribution is 7.88. The Bertz CT molecular complexity index is 761. The summed E-state index contributed by atoms with van der Waals surface area (Å²) in [4.78, 5) is 0. The molecule has 0 aliphatic carbocycles. The molecule has 23 heavy (non-hydrogen) atoms. The van der Waals surface area contributed by atoms with Crippen LogP contribution in [0.2, 0.25) is 0 Å². The van der Waals surface area contributed by atoms with Crippen LogP contribution in [0.1, 0.15) is 11.6 Å². The molecule has 1 saturated heterocycles. The maximum Gasteiger partial charge on any atom is 0.216 e. The molecule has 2 heterocycles. The summed E-state index contributed by atoms with van der Waals surface area (Å²) in [5.41, 5.74) is -0.469. The molecular formula is C13H15F2N5O2S. The summed E-state index contributed by atoms with van der Waals surface area (Å²) in [6, 6.07) is 2.52. The molecule has 124 valence electrons. The molecule has 0 spiro atoms. The average molecular weight is 343 g/mol. The Morgan fingerprint density at radius 3 is 2.70 bits per heavy atom. The fourth-order valence-corrected chi connectivity index (χ4v) is 4.03. The van der Waals surface area contributed by atoms with Crippen molar-refractivity contribution in [3.63, 3.8) is 0 Å². The van der Waals surface area contributed by atoms with E-state index in [-0.39, 0.29) is 6.04 Å². The fraction of sp³-hybridized carbons (Fsp3) is 0.385. The molecule has 1 aromatic carbocycles. The van der Waals surface area contributed by atoms with Gasteiger partial charge in [0.2, 0.25) is 10.0 Å². The van der Waals surface area contributed by atoms with Crippen LogP contribution in [0.5, 0.6) is 0 Å². The van der Waals surface area contributed by atoms with Crippen LogP contribution in [0.15, 0.2) is 30.6 Å². The quantitative estimate of drug-likeness (QED) is 0.809. The van der Waals surface area contributed by atoms with Gasteiger partial charge >= 0.3 is 0 Å². The predicted octanol–water partition coefficient (Wildman–Crippen LogP) is 0.189. The number of halogens is 2. The van der Waals surface area contributed by atoms with E-state index in [1.807, 2.05) is 0 Å². The summed E-state index contributed by atoms with van der Waals surface area (Å²) < 4.78 is 55.8. The molecular weight excluding hydrogens is 328 g/mol. The summed E-state index contributed by atoms with van der Waals surface area (Å²) in [6.07, 6.45) is 3.13. The highest BCUT2D eigenvalue weighted by Gasteiger charge is 2.33. The monoisotopic (exact) mass is 343 g/mol. The van der Waals surface area contributed by atoms with E-state index >= 15 is 0 Å². The van der Waals surface area contributed by atoms with E-state index in [2.05, 4.69) is 20.4 Å². The van der Waals surface area contributed by atoms with E-state index in [0.29, 0.717) is 13.1 Å². The first-order chi connectivity index (χ1) is 11.0. The first-order valence-corrected chi connectivity index (χ1v) is 8.61. The van der Waals surface area contributed by atoms with Crippen molar-refractivity contribution < 1.29 is 17.2 Å². The number of hydrogen-bond donors (Lipinski definition) is 2. The van der Waals surface area contributed by atoms with E-state index in [9.17, 15) is 17.2 Å². The van der Waals surface area contributed by atoms with Gasteiger partial charge in [0.25, 0.3) is 0 Å². The minimum absolute atomic E-state index is 0.252. The summed E-state index contributed by atoms with van der Waals surface area (Å²) in [6.45, 7) is 0.911. The van der Waals surface area contributed by atoms with Crippen molar-refractivity contribution in [1.82, 2.24) is 25.0 Å². The minimum atomic E-state index is -3.92. The van der Waals surface area contributed by atoms with Gasteiger partial charge in [0.15, 0.2) is 0 Å². The predicted molar refractivity (Wildman–Crippen MR) is 77.8 cm³/mol. The van der Waals surface area contributed by atoms with E-state index < -0.39 is 39.0 Å². The molecule has 10 heteroatoms. The molecule has 0 unspecified atom stereocenters. The zero-order valence-electron chi connectivity index (χ0n) is 12.0. The number of hydrogen-bond acceptors (Lipinski definition) is 5. The summed E-state index contributed by atoms with van der Waals surface area (Å²) in [5, 5.41) is 10.6. The molecule has 2 atom stereocenters. The maximum absolute atomic E-state index is 13.6. The number of nitrogens with one attached hydrogen (secondary N) is 2. The first kappa shape index (κ1) is 16.0. The van der Waals surface area contributed by atoms with E-state index in [4.69, 9.17) is 0 Å². The first-order valence-electron chi connectivity index (χ1n) is 6.96. The van der Waals surface area contributed by atoms with Crippen LogP contribution in [0, 0.1) is 11.6 Å².